The average molecular weight is 246 g/mol. The first-order valence-electron chi connectivity index (χ1n) is 6.69. The fraction of sp³-hybridized carbons (Fsp3) is 0.533. The van der Waals surface area contributed by atoms with Gasteiger partial charge in [-0.3, -0.25) is 4.79 Å². The molecular weight excluding hydrogens is 224 g/mol. The summed E-state index contributed by atoms with van der Waals surface area (Å²) >= 11 is 0. The molecule has 0 radical (unpaired) electrons. The van der Waals surface area contributed by atoms with E-state index in [1.165, 1.54) is 19.3 Å². The van der Waals surface area contributed by atoms with Gasteiger partial charge in [0.1, 0.15) is 0 Å². The molecule has 0 aliphatic heterocycles. The van der Waals surface area contributed by atoms with Gasteiger partial charge in [0.05, 0.1) is 0 Å². The second-order valence-corrected chi connectivity index (χ2v) is 5.33. The van der Waals surface area contributed by atoms with E-state index in [1.807, 2.05) is 25.1 Å². The highest BCUT2D eigenvalue weighted by Gasteiger charge is 2.23. The quantitative estimate of drug-likeness (QED) is 0.838. The van der Waals surface area contributed by atoms with E-state index >= 15 is 0 Å². The van der Waals surface area contributed by atoms with Gasteiger partial charge in [-0.2, -0.15) is 0 Å². The van der Waals surface area contributed by atoms with Gasteiger partial charge in [0.25, 0.3) is 5.91 Å². The van der Waals surface area contributed by atoms with E-state index in [4.69, 9.17) is 0 Å². The lowest BCUT2D eigenvalue weighted by atomic mass is 10.1. The second kappa shape index (κ2) is 5.42. The van der Waals surface area contributed by atoms with Crippen LogP contribution in [0.15, 0.2) is 18.2 Å². The molecule has 1 unspecified atom stereocenters. The van der Waals surface area contributed by atoms with E-state index in [9.17, 15) is 4.79 Å². The molecule has 1 aromatic carbocycles. The summed E-state index contributed by atoms with van der Waals surface area (Å²) in [5.41, 5.74) is 2.98. The number of nitrogens with one attached hydrogen (secondary N) is 2. The number of carbonyl (C=O) groups is 1. The molecule has 1 atom stereocenters. The first kappa shape index (κ1) is 12.9. The fourth-order valence-electron chi connectivity index (χ4n) is 2.29. The minimum absolute atomic E-state index is 0.0318. The van der Waals surface area contributed by atoms with Crippen LogP contribution in [-0.2, 0) is 0 Å². The van der Waals surface area contributed by atoms with E-state index in [0.717, 1.165) is 22.7 Å². The van der Waals surface area contributed by atoms with Crippen molar-refractivity contribution in [2.24, 2.45) is 5.92 Å². The zero-order valence-corrected chi connectivity index (χ0v) is 11.4. The molecular formula is C15H22N2O. The molecule has 1 aliphatic rings. The van der Waals surface area contributed by atoms with Gasteiger partial charge in [0.2, 0.25) is 0 Å². The molecule has 1 fully saturated rings. The molecule has 18 heavy (non-hydrogen) atoms. The summed E-state index contributed by atoms with van der Waals surface area (Å²) in [6.45, 7) is 4.27. The van der Waals surface area contributed by atoms with Crippen LogP contribution in [0.5, 0.6) is 0 Å². The van der Waals surface area contributed by atoms with Gasteiger partial charge >= 0.3 is 0 Å². The number of hydrogen-bond donors (Lipinski definition) is 2. The minimum Gasteiger partial charge on any atom is -0.382 e. The number of benzene rings is 1. The highest BCUT2D eigenvalue weighted by molar-refractivity contribution is 5.94. The summed E-state index contributed by atoms with van der Waals surface area (Å²) in [6, 6.07) is 6.31. The van der Waals surface area contributed by atoms with Crippen LogP contribution in [0.3, 0.4) is 0 Å². The molecule has 1 saturated carbocycles. The Balaban J connectivity index is 2.01. The maximum Gasteiger partial charge on any atom is 0.251 e. The predicted octanol–water partition coefficient (Wildman–Crippen LogP) is 2.96. The maximum absolute atomic E-state index is 11.5. The van der Waals surface area contributed by atoms with Crippen LogP contribution >= 0.6 is 0 Å². The maximum atomic E-state index is 11.5. The van der Waals surface area contributed by atoms with Crippen LogP contribution in [0.2, 0.25) is 0 Å². The summed E-state index contributed by atoms with van der Waals surface area (Å²) in [4.78, 5) is 11.5. The van der Waals surface area contributed by atoms with E-state index in [2.05, 4.69) is 17.6 Å². The molecule has 0 spiro atoms. The summed E-state index contributed by atoms with van der Waals surface area (Å²) in [6.07, 6.45) is 4.03. The number of carbonyl (C=O) groups excluding carboxylic acids is 1. The molecule has 98 valence electrons. The van der Waals surface area contributed by atoms with Crippen molar-refractivity contribution < 1.29 is 4.79 Å². The van der Waals surface area contributed by atoms with Crippen LogP contribution in [0, 0.1) is 12.8 Å². The van der Waals surface area contributed by atoms with Gasteiger partial charge in [0, 0.05) is 24.3 Å². The molecule has 2 rings (SSSR count). The Bertz CT molecular complexity index is 438. The van der Waals surface area contributed by atoms with Crippen LogP contribution in [0.4, 0.5) is 5.69 Å². The molecule has 1 amide bonds. The molecule has 3 heteroatoms. The molecule has 0 bridgehead atoms. The Kier molecular flexibility index (Phi) is 3.90. The van der Waals surface area contributed by atoms with Gasteiger partial charge in [-0.15, -0.1) is 0 Å². The molecule has 0 aromatic heterocycles. The Labute approximate surface area is 109 Å². The van der Waals surface area contributed by atoms with Crippen LogP contribution in [0.25, 0.3) is 0 Å². The number of amides is 1. The van der Waals surface area contributed by atoms with Gasteiger partial charge in [-0.1, -0.05) is 12.8 Å². The Morgan fingerprint density at radius 3 is 2.72 bits per heavy atom. The molecule has 0 heterocycles. The first-order valence-corrected chi connectivity index (χ1v) is 6.69. The third-order valence-corrected chi connectivity index (χ3v) is 3.50. The van der Waals surface area contributed by atoms with Crippen molar-refractivity contribution >= 4 is 11.6 Å². The molecule has 1 aromatic rings. The zero-order valence-electron chi connectivity index (χ0n) is 11.4. The summed E-state index contributed by atoms with van der Waals surface area (Å²) in [7, 11) is 1.65. The lowest BCUT2D eigenvalue weighted by Gasteiger charge is -2.17. The Morgan fingerprint density at radius 2 is 2.17 bits per heavy atom. The van der Waals surface area contributed by atoms with Gasteiger partial charge < -0.3 is 10.6 Å². The standard InChI is InChI=1S/C15H22N2O/c1-10-8-13(15(18)16-3)6-7-14(10)17-11(2)9-12-4-5-12/h6-8,11-12,17H,4-5,9H2,1-3H3,(H,16,18). The highest BCUT2D eigenvalue weighted by Crippen LogP contribution is 2.34. The molecule has 3 nitrogen and oxygen atoms in total. The second-order valence-electron chi connectivity index (χ2n) is 5.33. The first-order chi connectivity index (χ1) is 8.60. The van der Waals surface area contributed by atoms with Crippen molar-refractivity contribution in [3.05, 3.63) is 29.3 Å². The van der Waals surface area contributed by atoms with Gasteiger partial charge in [0.15, 0.2) is 0 Å². The average Bonchev–Trinajstić information content (AvgIpc) is 3.14. The number of hydrogen-bond acceptors (Lipinski definition) is 2. The Hall–Kier alpha value is -1.51. The van der Waals surface area contributed by atoms with Crippen LogP contribution in [-0.4, -0.2) is 19.0 Å². The third-order valence-electron chi connectivity index (χ3n) is 3.50. The van der Waals surface area contributed by atoms with Crippen molar-refractivity contribution in [1.82, 2.24) is 5.32 Å². The Morgan fingerprint density at radius 1 is 1.44 bits per heavy atom. The topological polar surface area (TPSA) is 41.1 Å². The monoisotopic (exact) mass is 246 g/mol. The van der Waals surface area contributed by atoms with Crippen molar-refractivity contribution in [3.8, 4) is 0 Å². The smallest absolute Gasteiger partial charge is 0.251 e. The zero-order chi connectivity index (χ0) is 13.1. The summed E-state index contributed by atoms with van der Waals surface area (Å²) in [5, 5.41) is 6.18. The third kappa shape index (κ3) is 3.25. The van der Waals surface area contributed by atoms with Crippen molar-refractivity contribution in [2.75, 3.05) is 12.4 Å². The number of anilines is 1. The van der Waals surface area contributed by atoms with Crippen LogP contribution in [0.1, 0.15) is 42.1 Å². The molecule has 2 N–H and O–H groups in total. The number of aryl methyl sites for hydroxylation is 1. The van der Waals surface area contributed by atoms with E-state index in [1.54, 1.807) is 7.05 Å². The normalized spacial score (nSPS) is 16.2. The van der Waals surface area contributed by atoms with Gasteiger partial charge in [-0.25, -0.2) is 0 Å². The lowest BCUT2D eigenvalue weighted by Crippen LogP contribution is -2.19. The fourth-order valence-corrected chi connectivity index (χ4v) is 2.29. The number of rotatable bonds is 5. The molecule has 0 saturated heterocycles. The molecule has 1 aliphatic carbocycles. The van der Waals surface area contributed by atoms with Crippen LogP contribution < -0.4 is 10.6 Å². The van der Waals surface area contributed by atoms with Crippen molar-refractivity contribution in [2.45, 2.75) is 39.2 Å². The summed E-state index contributed by atoms with van der Waals surface area (Å²) < 4.78 is 0. The van der Waals surface area contributed by atoms with Gasteiger partial charge in [-0.05, 0) is 49.9 Å². The van der Waals surface area contributed by atoms with E-state index in [0.29, 0.717) is 6.04 Å². The van der Waals surface area contributed by atoms with Crippen molar-refractivity contribution in [1.29, 1.82) is 0 Å². The van der Waals surface area contributed by atoms with Crippen molar-refractivity contribution in [3.63, 3.8) is 0 Å². The lowest BCUT2D eigenvalue weighted by molar-refractivity contribution is 0.0963. The van der Waals surface area contributed by atoms with E-state index < -0.39 is 0 Å². The predicted molar refractivity (Wildman–Crippen MR) is 75.0 cm³/mol. The van der Waals surface area contributed by atoms with E-state index in [-0.39, 0.29) is 5.91 Å². The largest absolute Gasteiger partial charge is 0.382 e. The highest BCUT2D eigenvalue weighted by atomic mass is 16.1. The minimum atomic E-state index is -0.0318. The summed E-state index contributed by atoms with van der Waals surface area (Å²) in [5.74, 6) is 0.897. The SMILES string of the molecule is CNC(=O)c1ccc(NC(C)CC2CC2)c(C)c1.